The second kappa shape index (κ2) is 10.4. The van der Waals surface area contributed by atoms with Crippen molar-refractivity contribution in [1.82, 2.24) is 25.2 Å². The normalized spacial score (nSPS) is 20.1. The number of alkyl halides is 1. The first-order chi connectivity index (χ1) is 17.0. The molecule has 11 heteroatoms. The number of amides is 1. The van der Waals surface area contributed by atoms with Crippen molar-refractivity contribution in [1.29, 1.82) is 0 Å². The van der Waals surface area contributed by atoms with E-state index in [0.717, 1.165) is 10.6 Å². The Morgan fingerprint density at radius 1 is 1.26 bits per heavy atom. The number of hydrogen-bond donors (Lipinski definition) is 2. The minimum Gasteiger partial charge on any atom is -0.481 e. The molecule has 2 unspecified atom stereocenters. The number of thioether (sulfide) groups is 1. The molecule has 3 aromatic heterocycles. The summed E-state index contributed by atoms with van der Waals surface area (Å²) in [7, 11) is 1.51. The molecule has 5 heterocycles. The minimum atomic E-state index is -0.966. The number of likely N-dealkylation sites (tertiary alicyclic amines) is 1. The number of rotatable bonds is 8. The van der Waals surface area contributed by atoms with Gasteiger partial charge in [-0.25, -0.2) is 18.7 Å². The average Bonchev–Trinajstić information content (AvgIpc) is 3.21. The number of pyridine rings is 3. The van der Waals surface area contributed by atoms with E-state index in [2.05, 4.69) is 25.6 Å². The molecule has 3 aromatic rings. The molecule has 0 radical (unpaired) electrons. The molecule has 2 atom stereocenters. The monoisotopic (exact) mass is 500 g/mol. The van der Waals surface area contributed by atoms with Gasteiger partial charge in [-0.1, -0.05) is 0 Å². The third-order valence-electron chi connectivity index (χ3n) is 6.31. The van der Waals surface area contributed by atoms with Crippen LogP contribution in [0.2, 0.25) is 0 Å². The van der Waals surface area contributed by atoms with Crippen LogP contribution in [0.25, 0.3) is 11.0 Å². The van der Waals surface area contributed by atoms with Gasteiger partial charge in [0.1, 0.15) is 17.8 Å². The molecule has 2 N–H and O–H groups in total. The van der Waals surface area contributed by atoms with Crippen LogP contribution in [-0.4, -0.2) is 71.0 Å². The van der Waals surface area contributed by atoms with Crippen LogP contribution in [0.4, 0.5) is 14.6 Å². The van der Waals surface area contributed by atoms with Gasteiger partial charge in [0.05, 0.1) is 40.7 Å². The molecule has 0 aromatic carbocycles. The summed E-state index contributed by atoms with van der Waals surface area (Å²) in [5, 5.41) is 6.08. The molecule has 1 saturated heterocycles. The Labute approximate surface area is 205 Å². The van der Waals surface area contributed by atoms with Crippen LogP contribution < -0.4 is 15.4 Å². The Kier molecular flexibility index (Phi) is 7.07. The smallest absolute Gasteiger partial charge is 0.235 e. The molecular weight excluding hydrogens is 474 g/mol. The largest absolute Gasteiger partial charge is 0.481 e. The second-order valence-electron chi connectivity index (χ2n) is 8.71. The zero-order chi connectivity index (χ0) is 24.4. The van der Waals surface area contributed by atoms with Crippen molar-refractivity contribution in [3.05, 3.63) is 47.5 Å². The quantitative estimate of drug-likeness (QED) is 0.488. The zero-order valence-corrected chi connectivity index (χ0v) is 20.1. The summed E-state index contributed by atoms with van der Waals surface area (Å²) >= 11 is 1.47. The molecule has 2 aliphatic rings. The fourth-order valence-electron chi connectivity index (χ4n) is 4.48. The third kappa shape index (κ3) is 5.36. The molecule has 1 amide bonds. The van der Waals surface area contributed by atoms with E-state index in [0.29, 0.717) is 73.2 Å². The summed E-state index contributed by atoms with van der Waals surface area (Å²) in [6, 6.07) is 7.31. The maximum absolute atomic E-state index is 14.7. The molecule has 35 heavy (non-hydrogen) atoms. The number of hydrogen-bond acceptors (Lipinski definition) is 8. The lowest BCUT2D eigenvalue weighted by atomic mass is 10.1. The maximum Gasteiger partial charge on any atom is 0.235 e. The van der Waals surface area contributed by atoms with Crippen molar-refractivity contribution in [3.8, 4) is 5.88 Å². The van der Waals surface area contributed by atoms with Crippen LogP contribution in [0.15, 0.2) is 35.4 Å². The maximum atomic E-state index is 14.7. The Balaban J connectivity index is 1.15. The predicted molar refractivity (Wildman–Crippen MR) is 130 cm³/mol. The first kappa shape index (κ1) is 23.8. The minimum absolute atomic E-state index is 0.0546. The number of aromatic nitrogens is 3. The van der Waals surface area contributed by atoms with Gasteiger partial charge in [0.25, 0.3) is 0 Å². The molecule has 0 saturated carbocycles. The number of fused-ring (bicyclic) bond motifs is 2. The van der Waals surface area contributed by atoms with E-state index in [4.69, 9.17) is 4.74 Å². The SMILES string of the molecule is COc1ccc2ncc(F)c(CCN3CC(F)C(CNCc4ccc5c(n4)NC(=O)CS5)C3)c2n1. The number of carbonyl (C=O) groups is 1. The molecule has 0 bridgehead atoms. The number of nitrogens with zero attached hydrogens (tertiary/aromatic N) is 4. The van der Waals surface area contributed by atoms with Gasteiger partial charge >= 0.3 is 0 Å². The highest BCUT2D eigenvalue weighted by Gasteiger charge is 2.32. The number of nitrogens with one attached hydrogen (secondary N) is 2. The number of halogens is 2. The van der Waals surface area contributed by atoms with Crippen LogP contribution >= 0.6 is 11.8 Å². The lowest BCUT2D eigenvalue weighted by Gasteiger charge is -2.17. The van der Waals surface area contributed by atoms with Gasteiger partial charge in [0, 0.05) is 50.3 Å². The zero-order valence-electron chi connectivity index (χ0n) is 19.3. The highest BCUT2D eigenvalue weighted by atomic mass is 32.2. The highest BCUT2D eigenvalue weighted by molar-refractivity contribution is 8.00. The van der Waals surface area contributed by atoms with E-state index < -0.39 is 12.0 Å². The van der Waals surface area contributed by atoms with E-state index in [9.17, 15) is 13.6 Å². The van der Waals surface area contributed by atoms with Crippen LogP contribution in [-0.2, 0) is 17.8 Å². The summed E-state index contributed by atoms with van der Waals surface area (Å²) in [6.45, 7) is 2.41. The van der Waals surface area contributed by atoms with Gasteiger partial charge in [0.15, 0.2) is 0 Å². The Bertz CT molecular complexity index is 1250. The van der Waals surface area contributed by atoms with Crippen LogP contribution in [0.1, 0.15) is 11.3 Å². The van der Waals surface area contributed by atoms with Crippen LogP contribution in [0, 0.1) is 11.7 Å². The van der Waals surface area contributed by atoms with E-state index in [1.165, 1.54) is 25.1 Å². The summed E-state index contributed by atoms with van der Waals surface area (Å²) in [5.41, 5.74) is 2.34. The molecule has 2 aliphatic heterocycles. The summed E-state index contributed by atoms with van der Waals surface area (Å²) in [6.07, 6.45) is 0.645. The average molecular weight is 501 g/mol. The van der Waals surface area contributed by atoms with Gasteiger partial charge in [-0.05, 0) is 24.6 Å². The number of methoxy groups -OCH3 is 1. The van der Waals surface area contributed by atoms with Crippen molar-refractivity contribution < 1.29 is 18.3 Å². The lowest BCUT2D eigenvalue weighted by Crippen LogP contribution is -2.29. The summed E-state index contributed by atoms with van der Waals surface area (Å²) in [4.78, 5) is 27.5. The molecule has 8 nitrogen and oxygen atoms in total. The second-order valence-corrected chi connectivity index (χ2v) is 9.73. The molecule has 5 rings (SSSR count). The summed E-state index contributed by atoms with van der Waals surface area (Å²) in [5.74, 6) is 0.748. The molecule has 0 aliphatic carbocycles. The van der Waals surface area contributed by atoms with Crippen molar-refractivity contribution in [2.45, 2.75) is 24.0 Å². The van der Waals surface area contributed by atoms with Gasteiger partial charge in [-0.3, -0.25) is 14.7 Å². The van der Waals surface area contributed by atoms with Crippen molar-refractivity contribution in [2.24, 2.45) is 5.92 Å². The number of anilines is 1. The van der Waals surface area contributed by atoms with Gasteiger partial charge in [-0.2, -0.15) is 0 Å². The van der Waals surface area contributed by atoms with Crippen LogP contribution in [0.3, 0.4) is 0 Å². The topological polar surface area (TPSA) is 92.3 Å². The van der Waals surface area contributed by atoms with E-state index in [1.54, 1.807) is 12.1 Å². The van der Waals surface area contributed by atoms with E-state index in [-0.39, 0.29) is 11.8 Å². The molecule has 184 valence electrons. The first-order valence-corrected chi connectivity index (χ1v) is 12.5. The third-order valence-corrected chi connectivity index (χ3v) is 7.36. The molecule has 0 spiro atoms. The first-order valence-electron chi connectivity index (χ1n) is 11.5. The van der Waals surface area contributed by atoms with E-state index in [1.807, 2.05) is 17.0 Å². The lowest BCUT2D eigenvalue weighted by molar-refractivity contribution is -0.113. The number of carbonyl (C=O) groups excluding carboxylic acids is 1. The van der Waals surface area contributed by atoms with Crippen molar-refractivity contribution in [2.75, 3.05) is 44.4 Å². The molecular formula is C24H26F2N6O2S. The van der Waals surface area contributed by atoms with Gasteiger partial charge < -0.3 is 15.4 Å². The Morgan fingerprint density at radius 3 is 3.00 bits per heavy atom. The van der Waals surface area contributed by atoms with E-state index >= 15 is 0 Å². The Hall–Kier alpha value is -2.89. The Morgan fingerprint density at radius 2 is 2.14 bits per heavy atom. The fourth-order valence-corrected chi connectivity index (χ4v) is 5.23. The summed E-state index contributed by atoms with van der Waals surface area (Å²) < 4.78 is 34.5. The van der Waals surface area contributed by atoms with Gasteiger partial charge in [0.2, 0.25) is 11.8 Å². The highest BCUT2D eigenvalue weighted by Crippen LogP contribution is 2.30. The van der Waals surface area contributed by atoms with Gasteiger partial charge in [-0.15, -0.1) is 11.8 Å². The van der Waals surface area contributed by atoms with Crippen molar-refractivity contribution in [3.63, 3.8) is 0 Å². The molecule has 1 fully saturated rings. The van der Waals surface area contributed by atoms with Crippen LogP contribution in [0.5, 0.6) is 5.88 Å². The fraction of sp³-hybridized carbons (Fsp3) is 0.417. The van der Waals surface area contributed by atoms with Crippen molar-refractivity contribution >= 4 is 34.5 Å². The predicted octanol–water partition coefficient (Wildman–Crippen LogP) is 2.82. The standard InChI is InChI=1S/C24H26F2N6O2S/c1-34-22-5-3-19-23(31-22)16(17(25)10-28-19)6-7-32-11-14(18(26)12-32)8-27-9-15-2-4-20-24(29-15)30-21(33)13-35-20/h2-5,10,14,18,27H,6-9,11-13H2,1H3,(H,29,30,33). The number of ether oxygens (including phenoxy) is 1.